The second-order valence-electron chi connectivity index (χ2n) is 8.73. The molecule has 0 saturated heterocycles. The molecule has 4 aromatic carbocycles. The number of hydrogen-bond donors (Lipinski definition) is 0. The molecular weight excluding hydrogens is 422 g/mol. The average molecular weight is 441 g/mol. The SMILES string of the molecule is O=C1c2cccc3c(-c4cccc5oc6c(c45)C=CCC6)ccc(c23)C(=O)N1c1ccccc1. The van der Waals surface area contributed by atoms with Crippen LogP contribution in [0.25, 0.3) is 38.9 Å². The van der Waals surface area contributed by atoms with Gasteiger partial charge >= 0.3 is 0 Å². The van der Waals surface area contributed by atoms with Crippen LogP contribution < -0.4 is 4.90 Å². The molecule has 0 fully saturated rings. The summed E-state index contributed by atoms with van der Waals surface area (Å²) in [4.78, 5) is 28.3. The van der Waals surface area contributed by atoms with E-state index in [1.807, 2.05) is 60.7 Å². The molecular formula is C30H19NO3. The van der Waals surface area contributed by atoms with Gasteiger partial charge in [0.2, 0.25) is 0 Å². The van der Waals surface area contributed by atoms with Crippen LogP contribution in [0.15, 0.2) is 89.4 Å². The highest BCUT2D eigenvalue weighted by Gasteiger charge is 2.34. The van der Waals surface area contributed by atoms with Crippen molar-refractivity contribution in [3.8, 4) is 11.1 Å². The highest BCUT2D eigenvalue weighted by molar-refractivity contribution is 6.36. The van der Waals surface area contributed by atoms with Gasteiger partial charge in [-0.15, -0.1) is 0 Å². The summed E-state index contributed by atoms with van der Waals surface area (Å²) < 4.78 is 6.18. The number of rotatable bonds is 2. The molecule has 4 nitrogen and oxygen atoms in total. The van der Waals surface area contributed by atoms with E-state index < -0.39 is 0 Å². The second-order valence-corrected chi connectivity index (χ2v) is 8.73. The molecule has 1 aliphatic heterocycles. The molecule has 2 amide bonds. The van der Waals surface area contributed by atoms with Crippen molar-refractivity contribution in [1.29, 1.82) is 0 Å². The number of fused-ring (bicyclic) bond motifs is 3. The van der Waals surface area contributed by atoms with Crippen LogP contribution >= 0.6 is 0 Å². The Hall–Kier alpha value is -4.44. The second kappa shape index (κ2) is 7.03. The Bertz CT molecular complexity index is 1670. The molecule has 0 atom stereocenters. The molecule has 2 heterocycles. The van der Waals surface area contributed by atoms with Gasteiger partial charge in [0.05, 0.1) is 5.69 Å². The molecule has 0 radical (unpaired) electrons. The number of carbonyl (C=O) groups is 2. The van der Waals surface area contributed by atoms with Crippen LogP contribution in [0, 0.1) is 0 Å². The average Bonchev–Trinajstić information content (AvgIpc) is 3.27. The van der Waals surface area contributed by atoms with E-state index in [4.69, 9.17) is 4.42 Å². The number of aryl methyl sites for hydroxylation is 1. The number of furan rings is 1. The lowest BCUT2D eigenvalue weighted by atomic mass is 9.87. The van der Waals surface area contributed by atoms with Crippen LogP contribution in [-0.4, -0.2) is 11.8 Å². The minimum atomic E-state index is -0.298. The van der Waals surface area contributed by atoms with Gasteiger partial charge in [0, 0.05) is 33.9 Å². The topological polar surface area (TPSA) is 50.5 Å². The molecule has 34 heavy (non-hydrogen) atoms. The summed E-state index contributed by atoms with van der Waals surface area (Å²) in [7, 11) is 0. The van der Waals surface area contributed by atoms with E-state index in [0.29, 0.717) is 22.2 Å². The standard InChI is InChI=1S/C30H19NO3/c32-29-23-13-6-11-20-19(21-12-7-15-26-28(21)22-10-4-5-14-25(22)34-26)16-17-24(27(20)23)30(33)31(29)18-8-2-1-3-9-18/h1-4,6-13,15-17H,5,14H2. The molecule has 0 bridgehead atoms. The van der Waals surface area contributed by atoms with Crippen molar-refractivity contribution in [2.75, 3.05) is 4.90 Å². The third kappa shape index (κ3) is 2.54. The van der Waals surface area contributed by atoms with Crippen molar-refractivity contribution in [3.05, 3.63) is 107 Å². The first kappa shape index (κ1) is 19.1. The fourth-order valence-corrected chi connectivity index (χ4v) is 5.37. The number of carbonyl (C=O) groups excluding carboxylic acids is 2. The van der Waals surface area contributed by atoms with Crippen LogP contribution in [-0.2, 0) is 6.42 Å². The van der Waals surface area contributed by atoms with Crippen molar-refractivity contribution >= 4 is 45.3 Å². The highest BCUT2D eigenvalue weighted by Crippen LogP contribution is 2.42. The van der Waals surface area contributed by atoms with Crippen molar-refractivity contribution in [2.24, 2.45) is 0 Å². The molecule has 0 unspecified atom stereocenters. The van der Waals surface area contributed by atoms with Gasteiger partial charge in [-0.1, -0.05) is 60.7 Å². The number of hydrogen-bond acceptors (Lipinski definition) is 3. The lowest BCUT2D eigenvalue weighted by Gasteiger charge is -2.28. The van der Waals surface area contributed by atoms with Gasteiger partial charge in [-0.25, -0.2) is 4.90 Å². The maximum atomic E-state index is 13.5. The number of amides is 2. The van der Waals surface area contributed by atoms with Crippen molar-refractivity contribution < 1.29 is 14.0 Å². The zero-order valence-corrected chi connectivity index (χ0v) is 18.2. The van der Waals surface area contributed by atoms with Gasteiger partial charge in [0.25, 0.3) is 11.8 Å². The minimum Gasteiger partial charge on any atom is -0.460 e. The Kier molecular flexibility index (Phi) is 3.94. The molecule has 0 N–H and O–H groups in total. The molecule has 0 saturated carbocycles. The van der Waals surface area contributed by atoms with Crippen molar-refractivity contribution in [1.82, 2.24) is 0 Å². The molecule has 162 valence electrons. The van der Waals surface area contributed by atoms with E-state index in [2.05, 4.69) is 18.2 Å². The summed E-state index contributed by atoms with van der Waals surface area (Å²) in [6, 6.07) is 24.7. The summed E-state index contributed by atoms with van der Waals surface area (Å²) in [5.74, 6) is 0.415. The smallest absolute Gasteiger partial charge is 0.265 e. The molecule has 5 aromatic rings. The Morgan fingerprint density at radius 2 is 1.41 bits per heavy atom. The third-order valence-electron chi connectivity index (χ3n) is 6.86. The summed E-state index contributed by atoms with van der Waals surface area (Å²) in [5, 5.41) is 2.69. The van der Waals surface area contributed by atoms with E-state index >= 15 is 0 Å². The van der Waals surface area contributed by atoms with Crippen LogP contribution in [0.1, 0.15) is 38.5 Å². The predicted octanol–water partition coefficient (Wildman–Crippen LogP) is 7.01. The summed E-state index contributed by atoms with van der Waals surface area (Å²) in [6.07, 6.45) is 6.19. The minimum absolute atomic E-state index is 0.298. The monoisotopic (exact) mass is 441 g/mol. The maximum absolute atomic E-state index is 13.5. The Balaban J connectivity index is 1.50. The first-order valence-corrected chi connectivity index (χ1v) is 11.4. The lowest BCUT2D eigenvalue weighted by Crippen LogP contribution is -2.40. The summed E-state index contributed by atoms with van der Waals surface area (Å²) in [5.41, 5.74) is 5.67. The Morgan fingerprint density at radius 3 is 2.26 bits per heavy atom. The van der Waals surface area contributed by atoms with Gasteiger partial charge in [0.1, 0.15) is 11.3 Å². The largest absolute Gasteiger partial charge is 0.460 e. The highest BCUT2D eigenvalue weighted by atomic mass is 16.3. The molecule has 0 spiro atoms. The summed E-state index contributed by atoms with van der Waals surface area (Å²) in [6.45, 7) is 0. The molecule has 1 aromatic heterocycles. The van der Waals surface area contributed by atoms with Gasteiger partial charge in [-0.05, 0) is 53.3 Å². The van der Waals surface area contributed by atoms with Gasteiger partial charge in [-0.3, -0.25) is 9.59 Å². The zero-order chi connectivity index (χ0) is 22.8. The number of para-hydroxylation sites is 1. The van der Waals surface area contributed by atoms with Crippen LogP contribution in [0.4, 0.5) is 5.69 Å². The number of allylic oxidation sites excluding steroid dienone is 1. The van der Waals surface area contributed by atoms with Crippen LogP contribution in [0.3, 0.4) is 0 Å². The zero-order valence-electron chi connectivity index (χ0n) is 18.2. The van der Waals surface area contributed by atoms with Crippen LogP contribution in [0.5, 0.6) is 0 Å². The summed E-state index contributed by atoms with van der Waals surface area (Å²) >= 11 is 0. The number of benzene rings is 4. The predicted molar refractivity (Wildman–Crippen MR) is 134 cm³/mol. The molecule has 4 heteroatoms. The van der Waals surface area contributed by atoms with E-state index in [0.717, 1.165) is 51.6 Å². The fourth-order valence-electron chi connectivity index (χ4n) is 5.37. The van der Waals surface area contributed by atoms with E-state index in [1.54, 1.807) is 12.1 Å². The normalized spacial score (nSPS) is 14.8. The van der Waals surface area contributed by atoms with Gasteiger partial charge in [-0.2, -0.15) is 0 Å². The Labute approximate surface area is 195 Å². The number of imide groups is 1. The first-order chi connectivity index (χ1) is 16.7. The van der Waals surface area contributed by atoms with Crippen molar-refractivity contribution in [2.45, 2.75) is 12.8 Å². The maximum Gasteiger partial charge on any atom is 0.265 e. The number of nitrogens with zero attached hydrogens (tertiary/aromatic N) is 1. The first-order valence-electron chi connectivity index (χ1n) is 11.4. The van der Waals surface area contributed by atoms with E-state index in [1.165, 1.54) is 4.90 Å². The van der Waals surface area contributed by atoms with Gasteiger partial charge < -0.3 is 4.42 Å². The molecule has 7 rings (SSSR count). The Morgan fingerprint density at radius 1 is 0.676 bits per heavy atom. The fraction of sp³-hybridized carbons (Fsp3) is 0.0667. The van der Waals surface area contributed by atoms with Crippen LogP contribution in [0.2, 0.25) is 0 Å². The van der Waals surface area contributed by atoms with E-state index in [-0.39, 0.29) is 11.8 Å². The lowest BCUT2D eigenvalue weighted by molar-refractivity contribution is 0.0893. The number of anilines is 1. The third-order valence-corrected chi connectivity index (χ3v) is 6.86. The van der Waals surface area contributed by atoms with Gasteiger partial charge in [0.15, 0.2) is 0 Å². The quantitative estimate of drug-likeness (QED) is 0.277. The molecule has 1 aliphatic carbocycles. The van der Waals surface area contributed by atoms with E-state index in [9.17, 15) is 9.59 Å². The van der Waals surface area contributed by atoms with Crippen molar-refractivity contribution in [3.63, 3.8) is 0 Å². The molecule has 2 aliphatic rings.